The minimum Gasteiger partial charge on any atom is -1.00 e. The first-order chi connectivity index (χ1) is 12.2. The van der Waals surface area contributed by atoms with E-state index in [9.17, 15) is 10.1 Å². The Morgan fingerprint density at radius 2 is 1.85 bits per heavy atom. The van der Waals surface area contributed by atoms with Gasteiger partial charge in [-0.05, 0) is 28.1 Å². The van der Waals surface area contributed by atoms with Gasteiger partial charge in [0.05, 0.1) is 10.6 Å². The number of para-hydroxylation sites is 1. The van der Waals surface area contributed by atoms with Crippen LogP contribution in [0.3, 0.4) is 0 Å². The number of rotatable bonds is 8. The Hall–Kier alpha value is -2.49. The number of nitrogens with one attached hydrogen (secondary N) is 1. The lowest BCUT2D eigenvalue weighted by atomic mass is 10.2. The van der Waals surface area contributed by atoms with Crippen molar-refractivity contribution >= 4 is 17.4 Å². The standard InChI is InChI=1S/C16H16N6O2S.ClH/c23-22(24)15-8-6-13(7-9-15)12-17-10-11-25-16-18-19-20-21(16)14-4-2-1-3-5-14;/h1-9,17H,10-12H2;1H/p-1. The van der Waals surface area contributed by atoms with Gasteiger partial charge in [-0.3, -0.25) is 10.1 Å². The van der Waals surface area contributed by atoms with Crippen molar-refractivity contribution in [2.75, 3.05) is 12.3 Å². The van der Waals surface area contributed by atoms with Crippen LogP contribution in [0.5, 0.6) is 0 Å². The highest BCUT2D eigenvalue weighted by Crippen LogP contribution is 2.17. The van der Waals surface area contributed by atoms with E-state index >= 15 is 0 Å². The Balaban J connectivity index is 0.00000243. The molecule has 2 aromatic carbocycles. The maximum absolute atomic E-state index is 10.6. The van der Waals surface area contributed by atoms with Crippen molar-refractivity contribution in [2.45, 2.75) is 11.7 Å². The van der Waals surface area contributed by atoms with Crippen molar-refractivity contribution in [3.05, 3.63) is 70.3 Å². The van der Waals surface area contributed by atoms with Gasteiger partial charge in [-0.2, -0.15) is 4.68 Å². The number of aromatic nitrogens is 4. The van der Waals surface area contributed by atoms with E-state index in [1.54, 1.807) is 28.6 Å². The van der Waals surface area contributed by atoms with Crippen LogP contribution in [-0.4, -0.2) is 37.4 Å². The predicted octanol–water partition coefficient (Wildman–Crippen LogP) is -0.544. The van der Waals surface area contributed by atoms with Crippen LogP contribution in [-0.2, 0) is 6.54 Å². The zero-order chi connectivity index (χ0) is 17.5. The van der Waals surface area contributed by atoms with E-state index in [1.165, 1.54) is 12.1 Å². The quantitative estimate of drug-likeness (QED) is 0.238. The molecule has 26 heavy (non-hydrogen) atoms. The maximum Gasteiger partial charge on any atom is 0.269 e. The van der Waals surface area contributed by atoms with Gasteiger partial charge < -0.3 is 17.7 Å². The summed E-state index contributed by atoms with van der Waals surface area (Å²) in [4.78, 5) is 10.2. The topological polar surface area (TPSA) is 98.8 Å². The minimum atomic E-state index is -0.398. The van der Waals surface area contributed by atoms with Gasteiger partial charge in [-0.25, -0.2) is 0 Å². The molecule has 1 aromatic heterocycles. The lowest BCUT2D eigenvalue weighted by Gasteiger charge is -2.05. The van der Waals surface area contributed by atoms with Gasteiger partial charge in [0.25, 0.3) is 5.69 Å². The molecular weight excluding hydrogens is 376 g/mol. The second-order valence-corrected chi connectivity index (χ2v) is 6.22. The number of nitro groups is 1. The van der Waals surface area contributed by atoms with Crippen molar-refractivity contribution in [1.29, 1.82) is 0 Å². The predicted molar refractivity (Wildman–Crippen MR) is 94.7 cm³/mol. The molecule has 3 aromatic rings. The molecule has 0 bridgehead atoms. The van der Waals surface area contributed by atoms with E-state index in [2.05, 4.69) is 20.8 Å². The molecule has 8 nitrogen and oxygen atoms in total. The number of nitrogens with zero attached hydrogens (tertiary/aromatic N) is 5. The van der Waals surface area contributed by atoms with Gasteiger partial charge in [0.1, 0.15) is 0 Å². The van der Waals surface area contributed by atoms with Crippen molar-refractivity contribution in [1.82, 2.24) is 25.5 Å². The van der Waals surface area contributed by atoms with E-state index in [-0.39, 0.29) is 18.1 Å². The first-order valence-corrected chi connectivity index (χ1v) is 8.63. The van der Waals surface area contributed by atoms with Crippen LogP contribution < -0.4 is 17.7 Å². The summed E-state index contributed by atoms with van der Waals surface area (Å²) in [5, 5.41) is 26.5. The van der Waals surface area contributed by atoms with Gasteiger partial charge in [-0.1, -0.05) is 42.1 Å². The molecule has 10 heteroatoms. The molecule has 0 amide bonds. The summed E-state index contributed by atoms with van der Waals surface area (Å²) < 4.78 is 1.71. The summed E-state index contributed by atoms with van der Waals surface area (Å²) in [5.41, 5.74) is 2.03. The third kappa shape index (κ3) is 5.25. The van der Waals surface area contributed by atoms with Crippen LogP contribution in [0.25, 0.3) is 5.69 Å². The fraction of sp³-hybridized carbons (Fsp3) is 0.188. The Bertz CT molecular complexity index is 828. The number of halogens is 1. The molecule has 0 saturated carbocycles. The second-order valence-electron chi connectivity index (χ2n) is 5.16. The molecule has 0 aliphatic rings. The Morgan fingerprint density at radius 3 is 2.54 bits per heavy atom. The van der Waals surface area contributed by atoms with E-state index in [1.807, 2.05) is 30.3 Å². The summed E-state index contributed by atoms with van der Waals surface area (Å²) in [7, 11) is 0. The molecule has 0 unspecified atom stereocenters. The number of tetrazole rings is 1. The van der Waals surface area contributed by atoms with Gasteiger partial charge >= 0.3 is 0 Å². The van der Waals surface area contributed by atoms with Crippen molar-refractivity contribution in [3.8, 4) is 5.69 Å². The monoisotopic (exact) mass is 391 g/mol. The molecule has 3 rings (SSSR count). The average molecular weight is 392 g/mol. The molecule has 1 N–H and O–H groups in total. The highest BCUT2D eigenvalue weighted by atomic mass is 35.5. The van der Waals surface area contributed by atoms with Crippen molar-refractivity contribution < 1.29 is 17.3 Å². The zero-order valence-electron chi connectivity index (χ0n) is 13.7. The summed E-state index contributed by atoms with van der Waals surface area (Å²) in [6.45, 7) is 1.42. The minimum absolute atomic E-state index is 0. The lowest BCUT2D eigenvalue weighted by Crippen LogP contribution is -3.00. The number of hydrogen-bond donors (Lipinski definition) is 1. The zero-order valence-corrected chi connectivity index (χ0v) is 15.2. The lowest BCUT2D eigenvalue weighted by molar-refractivity contribution is -0.384. The van der Waals surface area contributed by atoms with Gasteiger partial charge in [0, 0.05) is 31.0 Å². The van der Waals surface area contributed by atoms with Crippen LogP contribution in [0.4, 0.5) is 5.69 Å². The van der Waals surface area contributed by atoms with Crippen LogP contribution in [0, 0.1) is 10.1 Å². The first kappa shape index (κ1) is 19.8. The molecule has 136 valence electrons. The summed E-state index contributed by atoms with van der Waals surface area (Å²) in [5.74, 6) is 0.806. The van der Waals surface area contributed by atoms with Gasteiger partial charge in [0.2, 0.25) is 5.16 Å². The Kier molecular flexibility index (Phi) is 7.52. The third-order valence-corrected chi connectivity index (χ3v) is 4.35. The smallest absolute Gasteiger partial charge is 0.269 e. The molecular formula is C16H16ClN6O2S-. The molecule has 0 saturated heterocycles. The van der Waals surface area contributed by atoms with Crippen LogP contribution in [0.15, 0.2) is 59.8 Å². The van der Waals surface area contributed by atoms with Crippen molar-refractivity contribution in [2.24, 2.45) is 0 Å². The fourth-order valence-corrected chi connectivity index (χ4v) is 2.97. The normalized spacial score (nSPS) is 10.3. The summed E-state index contributed by atoms with van der Waals surface area (Å²) in [6, 6.07) is 16.3. The largest absolute Gasteiger partial charge is 1.00 e. The molecule has 0 aliphatic heterocycles. The average Bonchev–Trinajstić information content (AvgIpc) is 3.11. The second kappa shape index (κ2) is 9.85. The van der Waals surface area contributed by atoms with E-state index < -0.39 is 4.92 Å². The van der Waals surface area contributed by atoms with Crippen molar-refractivity contribution in [3.63, 3.8) is 0 Å². The SMILES string of the molecule is O=[N+]([O-])c1ccc(CNCCSc2nnnn2-c2ccccc2)cc1.[Cl-]. The van der Waals surface area contributed by atoms with E-state index in [0.29, 0.717) is 6.54 Å². The summed E-state index contributed by atoms with van der Waals surface area (Å²) in [6.07, 6.45) is 0. The van der Waals surface area contributed by atoms with Gasteiger partial charge in [-0.15, -0.1) is 5.10 Å². The maximum atomic E-state index is 10.6. The molecule has 0 aliphatic carbocycles. The molecule has 1 heterocycles. The number of non-ortho nitro benzene ring substituents is 1. The number of nitro benzene ring substituents is 1. The Labute approximate surface area is 160 Å². The highest BCUT2D eigenvalue weighted by Gasteiger charge is 2.08. The Morgan fingerprint density at radius 1 is 1.12 bits per heavy atom. The van der Waals surface area contributed by atoms with Crippen LogP contribution in [0.2, 0.25) is 0 Å². The molecule has 0 fully saturated rings. The third-order valence-electron chi connectivity index (χ3n) is 3.43. The summed E-state index contributed by atoms with van der Waals surface area (Å²) >= 11 is 1.57. The van der Waals surface area contributed by atoms with Crippen LogP contribution >= 0.6 is 11.8 Å². The van der Waals surface area contributed by atoms with E-state index in [0.717, 1.165) is 28.7 Å². The van der Waals surface area contributed by atoms with Crippen LogP contribution in [0.1, 0.15) is 5.56 Å². The van der Waals surface area contributed by atoms with E-state index in [4.69, 9.17) is 0 Å². The molecule has 0 atom stereocenters. The van der Waals surface area contributed by atoms with Gasteiger partial charge in [0.15, 0.2) is 0 Å². The molecule has 0 spiro atoms. The highest BCUT2D eigenvalue weighted by molar-refractivity contribution is 7.99. The molecule has 0 radical (unpaired) electrons. The number of hydrogen-bond acceptors (Lipinski definition) is 7. The fourth-order valence-electron chi connectivity index (χ4n) is 2.18. The number of thioether (sulfide) groups is 1. The number of benzene rings is 2. The first-order valence-electron chi connectivity index (χ1n) is 7.65.